The number of carbonyl (C=O) groups excluding carboxylic acids is 2. The lowest BCUT2D eigenvalue weighted by atomic mass is 9.88. The topological polar surface area (TPSA) is 58.2 Å². The minimum absolute atomic E-state index is 0.0375. The third kappa shape index (κ3) is 5.99. The standard InChI is InChI=1S/C21H28N2O2S/c1-3-16(4-2)20(17-9-6-5-7-10-17)23-19(24)11-8-13-22-21(25)18-12-14-26-15-18/h5-7,9-10,12,14-16,20H,3-4,8,11,13H2,1-2H3,(H,22,25)(H,23,24). The first kappa shape index (κ1) is 20.2. The zero-order valence-corrected chi connectivity index (χ0v) is 16.4. The third-order valence-corrected chi connectivity index (χ3v) is 5.33. The van der Waals surface area contributed by atoms with E-state index in [1.54, 1.807) is 6.07 Å². The maximum absolute atomic E-state index is 12.4. The number of thiophene rings is 1. The van der Waals surface area contributed by atoms with Crippen LogP contribution in [0.5, 0.6) is 0 Å². The Morgan fingerprint density at radius 1 is 1.08 bits per heavy atom. The van der Waals surface area contributed by atoms with Crippen molar-refractivity contribution >= 4 is 23.2 Å². The quantitative estimate of drug-likeness (QED) is 0.601. The minimum Gasteiger partial charge on any atom is -0.352 e. The van der Waals surface area contributed by atoms with Gasteiger partial charge in [-0.3, -0.25) is 9.59 Å². The van der Waals surface area contributed by atoms with E-state index in [1.807, 2.05) is 29.0 Å². The van der Waals surface area contributed by atoms with Crippen LogP contribution < -0.4 is 10.6 Å². The molecule has 4 nitrogen and oxygen atoms in total. The summed E-state index contributed by atoms with van der Waals surface area (Å²) >= 11 is 1.50. The molecule has 1 aromatic heterocycles. The molecular formula is C21H28N2O2S. The molecule has 0 saturated heterocycles. The highest BCUT2D eigenvalue weighted by Gasteiger charge is 2.22. The summed E-state index contributed by atoms with van der Waals surface area (Å²) in [4.78, 5) is 24.3. The zero-order valence-electron chi connectivity index (χ0n) is 15.5. The Balaban J connectivity index is 1.82. The van der Waals surface area contributed by atoms with Crippen molar-refractivity contribution in [3.63, 3.8) is 0 Å². The highest BCUT2D eigenvalue weighted by atomic mass is 32.1. The maximum atomic E-state index is 12.4. The van der Waals surface area contributed by atoms with Crippen LogP contribution in [-0.2, 0) is 4.79 Å². The number of rotatable bonds is 10. The lowest BCUT2D eigenvalue weighted by Gasteiger charge is -2.27. The molecule has 0 aliphatic heterocycles. The summed E-state index contributed by atoms with van der Waals surface area (Å²) in [5.41, 5.74) is 1.83. The molecule has 5 heteroatoms. The van der Waals surface area contributed by atoms with Crippen molar-refractivity contribution in [2.24, 2.45) is 5.92 Å². The van der Waals surface area contributed by atoms with E-state index in [-0.39, 0.29) is 17.9 Å². The smallest absolute Gasteiger partial charge is 0.252 e. The predicted octanol–water partition coefficient (Wildman–Crippen LogP) is 4.55. The Morgan fingerprint density at radius 2 is 1.81 bits per heavy atom. The summed E-state index contributed by atoms with van der Waals surface area (Å²) in [6.45, 7) is 4.83. The lowest BCUT2D eigenvalue weighted by molar-refractivity contribution is -0.122. The number of nitrogens with one attached hydrogen (secondary N) is 2. The summed E-state index contributed by atoms with van der Waals surface area (Å²) in [7, 11) is 0. The van der Waals surface area contributed by atoms with Gasteiger partial charge in [-0.1, -0.05) is 57.0 Å². The normalized spacial score (nSPS) is 12.0. The van der Waals surface area contributed by atoms with Crippen molar-refractivity contribution in [2.75, 3.05) is 6.54 Å². The van der Waals surface area contributed by atoms with E-state index in [2.05, 4.69) is 36.6 Å². The summed E-state index contributed by atoms with van der Waals surface area (Å²) in [6.07, 6.45) is 3.08. The molecule has 0 radical (unpaired) electrons. The van der Waals surface area contributed by atoms with E-state index in [0.717, 1.165) is 18.4 Å². The lowest BCUT2D eigenvalue weighted by Crippen LogP contribution is -2.34. The molecular weight excluding hydrogens is 344 g/mol. The molecule has 1 heterocycles. The van der Waals surface area contributed by atoms with Crippen LogP contribution in [0.25, 0.3) is 0 Å². The van der Waals surface area contributed by atoms with E-state index in [9.17, 15) is 9.59 Å². The van der Waals surface area contributed by atoms with E-state index in [1.165, 1.54) is 11.3 Å². The second-order valence-corrected chi connectivity index (χ2v) is 7.18. The van der Waals surface area contributed by atoms with Gasteiger partial charge in [-0.15, -0.1) is 0 Å². The molecule has 0 aliphatic carbocycles. The van der Waals surface area contributed by atoms with Crippen molar-refractivity contribution in [2.45, 2.75) is 45.6 Å². The van der Waals surface area contributed by atoms with Crippen LogP contribution in [0.3, 0.4) is 0 Å². The van der Waals surface area contributed by atoms with Gasteiger partial charge >= 0.3 is 0 Å². The molecule has 2 N–H and O–H groups in total. The Hall–Kier alpha value is -2.14. The van der Waals surface area contributed by atoms with Gasteiger partial charge in [0, 0.05) is 23.9 Å². The predicted molar refractivity (Wildman–Crippen MR) is 107 cm³/mol. The molecule has 0 saturated carbocycles. The van der Waals surface area contributed by atoms with Crippen LogP contribution in [0.1, 0.15) is 61.5 Å². The van der Waals surface area contributed by atoms with Gasteiger partial charge in [0.15, 0.2) is 0 Å². The van der Waals surface area contributed by atoms with Gasteiger partial charge < -0.3 is 10.6 Å². The highest BCUT2D eigenvalue weighted by molar-refractivity contribution is 7.08. The van der Waals surface area contributed by atoms with Crippen LogP contribution >= 0.6 is 11.3 Å². The van der Waals surface area contributed by atoms with E-state index >= 15 is 0 Å². The van der Waals surface area contributed by atoms with Gasteiger partial charge in [-0.25, -0.2) is 0 Å². The first-order valence-electron chi connectivity index (χ1n) is 9.30. The summed E-state index contributed by atoms with van der Waals surface area (Å²) < 4.78 is 0. The number of carbonyl (C=O) groups is 2. The van der Waals surface area contributed by atoms with Crippen LogP contribution in [-0.4, -0.2) is 18.4 Å². The second-order valence-electron chi connectivity index (χ2n) is 6.40. The first-order valence-corrected chi connectivity index (χ1v) is 10.2. The average Bonchev–Trinajstić information content (AvgIpc) is 3.21. The number of benzene rings is 1. The largest absolute Gasteiger partial charge is 0.352 e. The Morgan fingerprint density at radius 3 is 2.42 bits per heavy atom. The van der Waals surface area contributed by atoms with Gasteiger partial charge in [-0.2, -0.15) is 11.3 Å². The molecule has 1 atom stereocenters. The molecule has 1 aromatic carbocycles. The molecule has 26 heavy (non-hydrogen) atoms. The Bertz CT molecular complexity index is 667. The molecule has 2 amide bonds. The van der Waals surface area contributed by atoms with Gasteiger partial charge in [-0.05, 0) is 29.3 Å². The summed E-state index contributed by atoms with van der Waals surface area (Å²) in [6, 6.07) is 12.0. The van der Waals surface area contributed by atoms with Crippen molar-refractivity contribution < 1.29 is 9.59 Å². The maximum Gasteiger partial charge on any atom is 0.252 e. The molecule has 0 bridgehead atoms. The van der Waals surface area contributed by atoms with Crippen LogP contribution in [0, 0.1) is 5.92 Å². The van der Waals surface area contributed by atoms with Gasteiger partial charge in [0.2, 0.25) is 5.91 Å². The second kappa shape index (κ2) is 10.8. The number of amides is 2. The highest BCUT2D eigenvalue weighted by Crippen LogP contribution is 2.27. The molecule has 2 aromatic rings. The molecule has 0 spiro atoms. The van der Waals surface area contributed by atoms with Crippen LogP contribution in [0.15, 0.2) is 47.2 Å². The van der Waals surface area contributed by atoms with Crippen molar-refractivity contribution in [3.05, 3.63) is 58.3 Å². The molecule has 1 unspecified atom stereocenters. The summed E-state index contributed by atoms with van der Waals surface area (Å²) in [5, 5.41) is 9.76. The van der Waals surface area contributed by atoms with Gasteiger partial charge in [0.1, 0.15) is 0 Å². The number of hydrogen-bond donors (Lipinski definition) is 2. The van der Waals surface area contributed by atoms with Gasteiger partial charge in [0.25, 0.3) is 5.91 Å². The minimum atomic E-state index is -0.0779. The van der Waals surface area contributed by atoms with E-state index in [4.69, 9.17) is 0 Å². The van der Waals surface area contributed by atoms with Crippen LogP contribution in [0.2, 0.25) is 0 Å². The fraction of sp³-hybridized carbons (Fsp3) is 0.429. The summed E-state index contributed by atoms with van der Waals surface area (Å²) in [5.74, 6) is 0.376. The SMILES string of the molecule is CCC(CC)C(NC(=O)CCCNC(=O)c1ccsc1)c1ccccc1. The van der Waals surface area contributed by atoms with E-state index in [0.29, 0.717) is 30.9 Å². The molecule has 0 fully saturated rings. The van der Waals surface area contributed by atoms with Crippen molar-refractivity contribution in [3.8, 4) is 0 Å². The first-order chi connectivity index (χ1) is 12.7. The van der Waals surface area contributed by atoms with Gasteiger partial charge in [0.05, 0.1) is 6.04 Å². The molecule has 0 aliphatic rings. The average molecular weight is 373 g/mol. The van der Waals surface area contributed by atoms with Crippen molar-refractivity contribution in [1.29, 1.82) is 0 Å². The Labute approximate surface area is 160 Å². The third-order valence-electron chi connectivity index (χ3n) is 4.64. The van der Waals surface area contributed by atoms with Crippen molar-refractivity contribution in [1.82, 2.24) is 10.6 Å². The number of hydrogen-bond acceptors (Lipinski definition) is 3. The molecule has 140 valence electrons. The monoisotopic (exact) mass is 372 g/mol. The molecule has 2 rings (SSSR count). The van der Waals surface area contributed by atoms with E-state index < -0.39 is 0 Å². The van der Waals surface area contributed by atoms with Crippen LogP contribution in [0.4, 0.5) is 0 Å². The Kier molecular flexibility index (Phi) is 8.35. The fourth-order valence-corrected chi connectivity index (χ4v) is 3.72. The zero-order chi connectivity index (χ0) is 18.8. The fourth-order valence-electron chi connectivity index (χ4n) is 3.09.